The van der Waals surface area contributed by atoms with E-state index in [0.717, 1.165) is 16.2 Å². The summed E-state index contributed by atoms with van der Waals surface area (Å²) in [6.07, 6.45) is -0.707. The van der Waals surface area contributed by atoms with E-state index in [1.165, 1.54) is 0 Å². The molecule has 4 rings (SSSR count). The Bertz CT molecular complexity index is 1130. The zero-order chi connectivity index (χ0) is 23.8. The summed E-state index contributed by atoms with van der Waals surface area (Å²) in [4.78, 5) is 13.4. The Morgan fingerprint density at radius 2 is 1.18 bits per heavy atom. The third-order valence-electron chi connectivity index (χ3n) is 5.57. The predicted octanol–water partition coefficient (Wildman–Crippen LogP) is 4.15. The van der Waals surface area contributed by atoms with Gasteiger partial charge < -0.3 is 0 Å². The Kier molecular flexibility index (Phi) is 7.84. The molecule has 0 aliphatic heterocycles. The summed E-state index contributed by atoms with van der Waals surface area (Å²) in [6.45, 7) is -0.291. The summed E-state index contributed by atoms with van der Waals surface area (Å²) >= 11 is 0. The van der Waals surface area contributed by atoms with E-state index in [-0.39, 0.29) is 6.61 Å². The van der Waals surface area contributed by atoms with Crippen molar-refractivity contribution in [1.82, 2.24) is 0 Å². The van der Waals surface area contributed by atoms with Gasteiger partial charge in [0.05, 0.1) is 0 Å². The van der Waals surface area contributed by atoms with E-state index < -0.39 is 25.8 Å². The molecule has 0 aliphatic rings. The van der Waals surface area contributed by atoms with Crippen molar-refractivity contribution in [2.45, 2.75) is 12.1 Å². The van der Waals surface area contributed by atoms with Crippen LogP contribution in [0.3, 0.4) is 0 Å². The predicted molar refractivity (Wildman–Crippen MR) is 138 cm³/mol. The third-order valence-corrected chi connectivity index (χ3v) is 8.82. The molecular weight excluding hydrogens is 445 g/mol. The van der Waals surface area contributed by atoms with Gasteiger partial charge in [0.15, 0.2) is 0 Å². The average molecular weight is 474 g/mol. The normalized spacial score (nSPS) is 13.6. The van der Waals surface area contributed by atoms with Gasteiger partial charge in [0.2, 0.25) is 0 Å². The van der Waals surface area contributed by atoms with Gasteiger partial charge in [-0.1, -0.05) is 0 Å². The molecule has 34 heavy (non-hydrogen) atoms. The number of benzene rings is 4. The topological polar surface area (TPSA) is 81.8 Å². The molecule has 0 heterocycles. The van der Waals surface area contributed by atoms with Gasteiger partial charge in [-0.3, -0.25) is 0 Å². The van der Waals surface area contributed by atoms with Crippen LogP contribution in [0.15, 0.2) is 121 Å². The van der Waals surface area contributed by atoms with Crippen LogP contribution in [0.2, 0.25) is 0 Å². The van der Waals surface area contributed by atoms with Crippen LogP contribution in [-0.2, 0) is 9.05 Å². The fourth-order valence-corrected chi connectivity index (χ4v) is 7.04. The number of rotatable bonds is 9. The molecule has 0 bridgehead atoms. The molecule has 5 nitrogen and oxygen atoms in total. The molecule has 2 unspecified atom stereocenters. The Labute approximate surface area is 200 Å². The van der Waals surface area contributed by atoms with Crippen molar-refractivity contribution in [2.75, 3.05) is 6.61 Å². The number of hydrogen-bond donors (Lipinski definition) is 2. The molecule has 0 spiro atoms. The van der Waals surface area contributed by atoms with Crippen LogP contribution in [0.4, 0.5) is 0 Å². The molecule has 0 aliphatic carbocycles. The molecule has 0 radical (unpaired) electrons. The van der Waals surface area contributed by atoms with E-state index in [0.29, 0.717) is 5.56 Å². The first-order valence-electron chi connectivity index (χ1n) is 11.1. The van der Waals surface area contributed by atoms with Crippen LogP contribution in [0.1, 0.15) is 22.0 Å². The maximum atomic E-state index is 13.4. The van der Waals surface area contributed by atoms with Crippen molar-refractivity contribution in [2.24, 2.45) is 5.73 Å². The van der Waals surface area contributed by atoms with Crippen LogP contribution in [0.25, 0.3) is 0 Å². The summed E-state index contributed by atoms with van der Waals surface area (Å²) in [7, 11) is -3.66. The monoisotopic (exact) mass is 473 g/mol. The average Bonchev–Trinajstić information content (AvgIpc) is 2.92. The molecule has 0 aromatic heterocycles. The summed E-state index contributed by atoms with van der Waals surface area (Å²) in [5.41, 5.74) is 7.58. The summed E-state index contributed by atoms with van der Waals surface area (Å²) in [6, 6.07) is 36.6. The Hall–Kier alpha value is -3.34. The van der Waals surface area contributed by atoms with Gasteiger partial charge in [0.1, 0.15) is 0 Å². The number of carbonyl (C=O) groups is 1. The zero-order valence-electron chi connectivity index (χ0n) is 18.7. The SMILES string of the molecule is NC(CO)C(O[PH](OC(=O)c1ccccc1)(c1ccccc1)c1ccccc1)c1ccccc1. The molecule has 3 N–H and O–H groups in total. The summed E-state index contributed by atoms with van der Waals surface area (Å²) in [5, 5.41) is 11.5. The van der Waals surface area contributed by atoms with E-state index in [1.807, 2.05) is 97.1 Å². The van der Waals surface area contributed by atoms with Crippen LogP contribution < -0.4 is 16.3 Å². The molecule has 0 saturated heterocycles. The van der Waals surface area contributed by atoms with Gasteiger partial charge in [-0.05, 0) is 0 Å². The number of aliphatic hydroxyl groups is 1. The first-order chi connectivity index (χ1) is 16.6. The Morgan fingerprint density at radius 1 is 0.735 bits per heavy atom. The van der Waals surface area contributed by atoms with Crippen LogP contribution >= 0.6 is 7.72 Å². The number of aliphatic hydroxyl groups excluding tert-OH is 1. The Morgan fingerprint density at radius 3 is 1.65 bits per heavy atom. The van der Waals surface area contributed by atoms with Crippen molar-refractivity contribution in [1.29, 1.82) is 0 Å². The first-order valence-corrected chi connectivity index (χ1v) is 12.9. The summed E-state index contributed by atoms with van der Waals surface area (Å²) in [5.74, 6) is -0.482. The molecule has 174 valence electrons. The molecule has 6 heteroatoms. The quantitative estimate of drug-likeness (QED) is 0.357. The molecule has 0 saturated carbocycles. The molecule has 4 aromatic carbocycles. The second-order valence-electron chi connectivity index (χ2n) is 7.90. The van der Waals surface area contributed by atoms with Gasteiger partial charge in [0.25, 0.3) is 0 Å². The first kappa shape index (κ1) is 23.8. The number of nitrogens with two attached hydrogens (primary N) is 1. The van der Waals surface area contributed by atoms with E-state index in [9.17, 15) is 9.90 Å². The molecule has 4 aromatic rings. The Balaban J connectivity index is 1.89. The molecule has 2 atom stereocenters. The van der Waals surface area contributed by atoms with E-state index in [4.69, 9.17) is 14.8 Å². The van der Waals surface area contributed by atoms with Crippen LogP contribution in [0, 0.1) is 0 Å². The van der Waals surface area contributed by atoms with Gasteiger partial charge in [-0.25, -0.2) is 0 Å². The number of hydrogen-bond acceptors (Lipinski definition) is 5. The fourth-order valence-electron chi connectivity index (χ4n) is 3.84. The van der Waals surface area contributed by atoms with Crippen molar-refractivity contribution in [3.8, 4) is 0 Å². The standard InChI is InChI=1S/C28H28NO4P/c29-26(21-30)27(22-13-5-1-6-14-22)32-34(24-17-9-3-10-18-24,25-19-11-4-12-20-25)33-28(31)23-15-7-2-8-16-23/h1-20,26-27,30,34H,21,29H2. The van der Waals surface area contributed by atoms with Crippen molar-refractivity contribution < 1.29 is 18.9 Å². The molecule has 0 amide bonds. The van der Waals surface area contributed by atoms with Gasteiger partial charge in [0, 0.05) is 0 Å². The fraction of sp³-hybridized carbons (Fsp3) is 0.107. The van der Waals surface area contributed by atoms with Crippen molar-refractivity contribution in [3.05, 3.63) is 132 Å². The van der Waals surface area contributed by atoms with E-state index in [1.54, 1.807) is 24.3 Å². The second kappa shape index (κ2) is 11.2. The summed E-state index contributed by atoms with van der Waals surface area (Å²) < 4.78 is 13.2. The maximum absolute atomic E-state index is 13.4. The number of carbonyl (C=O) groups excluding carboxylic acids is 1. The van der Waals surface area contributed by atoms with Crippen molar-refractivity contribution in [3.63, 3.8) is 0 Å². The van der Waals surface area contributed by atoms with Gasteiger partial charge >= 0.3 is 200 Å². The molecular formula is C28H28NO4P. The molecule has 0 fully saturated rings. The van der Waals surface area contributed by atoms with Gasteiger partial charge in [-0.15, -0.1) is 0 Å². The van der Waals surface area contributed by atoms with E-state index in [2.05, 4.69) is 0 Å². The third kappa shape index (κ3) is 5.24. The van der Waals surface area contributed by atoms with Crippen LogP contribution in [0.5, 0.6) is 0 Å². The minimum absolute atomic E-state index is 0.291. The van der Waals surface area contributed by atoms with E-state index >= 15 is 0 Å². The van der Waals surface area contributed by atoms with Crippen molar-refractivity contribution >= 4 is 24.3 Å². The second-order valence-corrected chi connectivity index (χ2v) is 10.7. The van der Waals surface area contributed by atoms with Gasteiger partial charge in [-0.2, -0.15) is 0 Å². The van der Waals surface area contributed by atoms with Crippen LogP contribution in [-0.4, -0.2) is 23.7 Å². The minimum atomic E-state index is -3.66. The zero-order valence-corrected chi connectivity index (χ0v) is 19.7.